The molecule has 1 aliphatic rings. The smallest absolute Gasteiger partial charge is 0.292 e. The summed E-state index contributed by atoms with van der Waals surface area (Å²) < 4.78 is 65.7. The molecule has 4 rings (SSSR count). The van der Waals surface area contributed by atoms with Crippen LogP contribution >= 0.6 is 11.3 Å². The molecule has 32 heavy (non-hydrogen) atoms. The van der Waals surface area contributed by atoms with Crippen LogP contribution in [0.5, 0.6) is 0 Å². The van der Waals surface area contributed by atoms with Crippen LogP contribution in [0.15, 0.2) is 47.4 Å². The maximum atomic E-state index is 12.9. The second kappa shape index (κ2) is 8.27. The first-order valence-electron chi connectivity index (χ1n) is 9.63. The summed E-state index contributed by atoms with van der Waals surface area (Å²) in [6.07, 6.45) is -2.92. The van der Waals surface area contributed by atoms with Crippen molar-refractivity contribution in [2.24, 2.45) is 0 Å². The quantitative estimate of drug-likeness (QED) is 0.499. The van der Waals surface area contributed by atoms with Gasteiger partial charge in [-0.1, -0.05) is 12.1 Å². The number of Topliss-reactive ketones (excluding diaryl/α,β-unsaturated/α-hetero) is 1. The molecule has 11 heteroatoms. The number of halogens is 3. The highest BCUT2D eigenvalue weighted by molar-refractivity contribution is 7.89. The predicted molar refractivity (Wildman–Crippen MR) is 112 cm³/mol. The zero-order valence-corrected chi connectivity index (χ0v) is 18.1. The van der Waals surface area contributed by atoms with E-state index in [-0.39, 0.29) is 25.7 Å². The van der Waals surface area contributed by atoms with E-state index in [0.717, 1.165) is 36.3 Å². The van der Waals surface area contributed by atoms with Crippen LogP contribution in [0, 0.1) is 11.3 Å². The molecule has 0 radical (unpaired) electrons. The Balaban J connectivity index is 1.61. The molecule has 0 spiro atoms. The number of benzene rings is 2. The Hall–Kier alpha value is -2.81. The molecular formula is C21H16F3N3O3S2. The zero-order chi connectivity index (χ0) is 23.1. The lowest BCUT2D eigenvalue weighted by molar-refractivity contribution is -0.137. The van der Waals surface area contributed by atoms with Gasteiger partial charge in [0.05, 0.1) is 26.7 Å². The van der Waals surface area contributed by atoms with Crippen molar-refractivity contribution in [1.29, 1.82) is 5.26 Å². The summed E-state index contributed by atoms with van der Waals surface area (Å²) in [5, 5.41) is 9.64. The lowest BCUT2D eigenvalue weighted by Gasteiger charge is -2.15. The van der Waals surface area contributed by atoms with Crippen LogP contribution in [-0.4, -0.2) is 36.6 Å². The molecule has 2 aromatic carbocycles. The van der Waals surface area contributed by atoms with Gasteiger partial charge in [0.15, 0.2) is 11.7 Å². The molecule has 1 saturated heterocycles. The molecular weight excluding hydrogens is 463 g/mol. The van der Waals surface area contributed by atoms with E-state index in [1.165, 1.54) is 34.6 Å². The molecule has 2 heterocycles. The van der Waals surface area contributed by atoms with Crippen molar-refractivity contribution in [3.05, 3.63) is 58.6 Å². The first-order valence-corrected chi connectivity index (χ1v) is 11.9. The molecule has 1 aliphatic heterocycles. The third kappa shape index (κ3) is 4.13. The number of carbonyl (C=O) groups excluding carboxylic acids is 1. The van der Waals surface area contributed by atoms with Crippen LogP contribution in [-0.2, 0) is 16.2 Å². The average Bonchev–Trinajstić information content (AvgIpc) is 3.43. The molecule has 1 fully saturated rings. The van der Waals surface area contributed by atoms with Gasteiger partial charge in [-0.2, -0.15) is 22.7 Å². The van der Waals surface area contributed by atoms with E-state index in [4.69, 9.17) is 0 Å². The molecule has 1 aromatic heterocycles. The Morgan fingerprint density at radius 2 is 1.78 bits per heavy atom. The number of hydrogen-bond acceptors (Lipinski definition) is 6. The normalized spacial score (nSPS) is 16.2. The van der Waals surface area contributed by atoms with E-state index < -0.39 is 33.5 Å². The number of nitrogens with zero attached hydrogens (tertiary/aromatic N) is 3. The number of ketones is 1. The van der Waals surface area contributed by atoms with Gasteiger partial charge in [0.25, 0.3) is 0 Å². The van der Waals surface area contributed by atoms with Crippen molar-refractivity contribution >= 4 is 37.4 Å². The van der Waals surface area contributed by atoms with E-state index in [1.807, 2.05) is 6.07 Å². The largest absolute Gasteiger partial charge is 0.416 e. The monoisotopic (exact) mass is 479 g/mol. The fourth-order valence-corrected chi connectivity index (χ4v) is 6.07. The van der Waals surface area contributed by atoms with Gasteiger partial charge in [0, 0.05) is 18.7 Å². The molecule has 1 unspecified atom stereocenters. The number of rotatable bonds is 5. The van der Waals surface area contributed by atoms with Crippen molar-refractivity contribution in [2.45, 2.75) is 29.8 Å². The highest BCUT2D eigenvalue weighted by atomic mass is 32.2. The van der Waals surface area contributed by atoms with Crippen LogP contribution in [0.2, 0.25) is 0 Å². The maximum Gasteiger partial charge on any atom is 0.416 e. The summed E-state index contributed by atoms with van der Waals surface area (Å²) in [5.74, 6) is -1.92. The molecule has 166 valence electrons. The lowest BCUT2D eigenvalue weighted by atomic mass is 9.99. The number of sulfonamides is 1. The van der Waals surface area contributed by atoms with E-state index >= 15 is 0 Å². The van der Waals surface area contributed by atoms with Gasteiger partial charge in [-0.25, -0.2) is 13.4 Å². The minimum Gasteiger partial charge on any atom is -0.292 e. The Labute approximate surface area is 186 Å². The number of aromatic nitrogens is 1. The van der Waals surface area contributed by atoms with Gasteiger partial charge in [-0.15, -0.1) is 11.3 Å². The Morgan fingerprint density at radius 3 is 2.38 bits per heavy atom. The van der Waals surface area contributed by atoms with E-state index in [1.54, 1.807) is 0 Å². The Morgan fingerprint density at radius 1 is 1.12 bits per heavy atom. The second-order valence-corrected chi connectivity index (χ2v) is 10.3. The van der Waals surface area contributed by atoms with Gasteiger partial charge >= 0.3 is 6.18 Å². The first kappa shape index (κ1) is 22.4. The van der Waals surface area contributed by atoms with E-state index in [2.05, 4.69) is 4.98 Å². The number of nitriles is 1. The maximum absolute atomic E-state index is 12.9. The number of hydrogen-bond donors (Lipinski definition) is 0. The Bertz CT molecular complexity index is 1320. The molecule has 1 atom stereocenters. The van der Waals surface area contributed by atoms with Gasteiger partial charge in [-0.3, -0.25) is 4.79 Å². The van der Waals surface area contributed by atoms with Crippen molar-refractivity contribution in [3.63, 3.8) is 0 Å². The minimum atomic E-state index is -4.51. The summed E-state index contributed by atoms with van der Waals surface area (Å²) in [5.41, 5.74) is -0.458. The number of thiazole rings is 1. The van der Waals surface area contributed by atoms with Gasteiger partial charge in [-0.05, 0) is 43.2 Å². The van der Waals surface area contributed by atoms with Gasteiger partial charge in [0.2, 0.25) is 10.0 Å². The van der Waals surface area contributed by atoms with E-state index in [0.29, 0.717) is 13.1 Å². The fourth-order valence-electron chi connectivity index (χ4n) is 3.50. The van der Waals surface area contributed by atoms with Gasteiger partial charge in [0.1, 0.15) is 5.01 Å². The topological polar surface area (TPSA) is 91.1 Å². The van der Waals surface area contributed by atoms with Crippen LogP contribution in [0.4, 0.5) is 13.2 Å². The molecule has 0 bridgehead atoms. The van der Waals surface area contributed by atoms with Crippen molar-refractivity contribution in [2.75, 3.05) is 13.1 Å². The summed E-state index contributed by atoms with van der Waals surface area (Å²) in [4.78, 5) is 17.1. The summed E-state index contributed by atoms with van der Waals surface area (Å²) >= 11 is 0.850. The van der Waals surface area contributed by atoms with Crippen LogP contribution < -0.4 is 0 Å². The highest BCUT2D eigenvalue weighted by Gasteiger charge is 2.32. The Kier molecular flexibility index (Phi) is 5.79. The van der Waals surface area contributed by atoms with Crippen molar-refractivity contribution in [3.8, 4) is 6.07 Å². The molecule has 0 N–H and O–H groups in total. The third-order valence-electron chi connectivity index (χ3n) is 5.21. The zero-order valence-electron chi connectivity index (χ0n) is 16.5. The third-order valence-corrected chi connectivity index (χ3v) is 8.21. The summed E-state index contributed by atoms with van der Waals surface area (Å²) in [6, 6.07) is 10.2. The second-order valence-electron chi connectivity index (χ2n) is 7.29. The predicted octanol–water partition coefficient (Wildman–Crippen LogP) is 4.59. The minimum absolute atomic E-state index is 0.0594. The van der Waals surface area contributed by atoms with Crippen LogP contribution in [0.25, 0.3) is 10.2 Å². The van der Waals surface area contributed by atoms with Gasteiger partial charge < -0.3 is 0 Å². The standard InChI is InChI=1S/C21H16F3N3O3S2/c22-21(23,24)14-5-8-17-18(11-14)31-20(26-17)16(12-25)19(28)13-3-6-15(7-4-13)32(29,30)27-9-1-2-10-27/h3-8,11,16H,1-2,9-10H2. The molecule has 0 amide bonds. The molecule has 6 nitrogen and oxygen atoms in total. The molecule has 3 aromatic rings. The molecule has 0 aliphatic carbocycles. The first-order chi connectivity index (χ1) is 15.1. The van der Waals surface area contributed by atoms with Crippen LogP contribution in [0.3, 0.4) is 0 Å². The average molecular weight is 480 g/mol. The fraction of sp³-hybridized carbons (Fsp3) is 0.286. The van der Waals surface area contributed by atoms with E-state index in [9.17, 15) is 31.6 Å². The lowest BCUT2D eigenvalue weighted by Crippen LogP contribution is -2.27. The van der Waals surface area contributed by atoms with Crippen molar-refractivity contribution < 1.29 is 26.4 Å². The number of alkyl halides is 3. The summed E-state index contributed by atoms with van der Waals surface area (Å²) in [7, 11) is -3.64. The highest BCUT2D eigenvalue weighted by Crippen LogP contribution is 2.35. The van der Waals surface area contributed by atoms with Crippen LogP contribution in [0.1, 0.15) is 39.7 Å². The van der Waals surface area contributed by atoms with Crippen molar-refractivity contribution in [1.82, 2.24) is 9.29 Å². The summed E-state index contributed by atoms with van der Waals surface area (Å²) in [6.45, 7) is 0.903. The molecule has 0 saturated carbocycles. The number of fused-ring (bicyclic) bond motifs is 1. The number of carbonyl (C=O) groups is 1. The SMILES string of the molecule is N#CC(C(=O)c1ccc(S(=O)(=O)N2CCCC2)cc1)c1nc2ccc(C(F)(F)F)cc2s1.